The fourth-order valence-electron chi connectivity index (χ4n) is 1.09. The molecule has 74 valence electrons. The van der Waals surface area contributed by atoms with Gasteiger partial charge < -0.3 is 5.32 Å². The normalized spacial score (nSPS) is 11.2. The van der Waals surface area contributed by atoms with Crippen LogP contribution in [0.25, 0.3) is 0 Å². The van der Waals surface area contributed by atoms with E-state index < -0.39 is 0 Å². The predicted octanol–water partition coefficient (Wildman–Crippen LogP) is 2.82. The van der Waals surface area contributed by atoms with E-state index in [1.54, 1.807) is 11.3 Å². The summed E-state index contributed by atoms with van der Waals surface area (Å²) in [5, 5.41) is 4.33. The van der Waals surface area contributed by atoms with E-state index in [1.165, 1.54) is 5.01 Å². The van der Waals surface area contributed by atoms with Crippen LogP contribution < -0.4 is 5.32 Å². The standard InChI is InChI=1S/C9H15BrN2S/c1-6(2)4-8-12-7(5-11-3)9(10)13-8/h6,11H,4-5H2,1-3H3. The van der Waals surface area contributed by atoms with E-state index in [4.69, 9.17) is 0 Å². The van der Waals surface area contributed by atoms with Crippen molar-refractivity contribution in [1.29, 1.82) is 0 Å². The molecule has 1 N–H and O–H groups in total. The van der Waals surface area contributed by atoms with Crippen molar-refractivity contribution in [2.45, 2.75) is 26.8 Å². The molecule has 0 spiro atoms. The first-order valence-corrected chi connectivity index (χ1v) is 6.03. The minimum atomic E-state index is 0.681. The van der Waals surface area contributed by atoms with Gasteiger partial charge in [-0.2, -0.15) is 0 Å². The predicted molar refractivity (Wildman–Crippen MR) is 61.1 cm³/mol. The van der Waals surface area contributed by atoms with Gasteiger partial charge in [0, 0.05) is 13.0 Å². The minimum absolute atomic E-state index is 0.681. The molecule has 0 fully saturated rings. The number of rotatable bonds is 4. The number of nitrogens with one attached hydrogen (secondary N) is 1. The number of hydrogen-bond acceptors (Lipinski definition) is 3. The molecule has 0 saturated heterocycles. The molecule has 0 aliphatic rings. The molecule has 1 aromatic heterocycles. The highest BCUT2D eigenvalue weighted by atomic mass is 79.9. The lowest BCUT2D eigenvalue weighted by Crippen LogP contribution is -2.06. The van der Waals surface area contributed by atoms with Crippen LogP contribution in [-0.2, 0) is 13.0 Å². The van der Waals surface area contributed by atoms with Crippen LogP contribution >= 0.6 is 27.3 Å². The average molecular weight is 263 g/mol. The topological polar surface area (TPSA) is 24.9 Å². The second kappa shape index (κ2) is 5.08. The largest absolute Gasteiger partial charge is 0.314 e. The van der Waals surface area contributed by atoms with E-state index in [1.807, 2.05) is 7.05 Å². The third-order valence-electron chi connectivity index (χ3n) is 1.62. The summed E-state index contributed by atoms with van der Waals surface area (Å²) in [5.74, 6) is 0.681. The van der Waals surface area contributed by atoms with Crippen molar-refractivity contribution in [3.63, 3.8) is 0 Å². The first-order chi connectivity index (χ1) is 6.13. The van der Waals surface area contributed by atoms with Crippen molar-refractivity contribution in [3.05, 3.63) is 14.5 Å². The van der Waals surface area contributed by atoms with Crippen LogP contribution in [0.2, 0.25) is 0 Å². The summed E-state index contributed by atoms with van der Waals surface area (Å²) >= 11 is 5.27. The smallest absolute Gasteiger partial charge is 0.0945 e. The van der Waals surface area contributed by atoms with E-state index in [0.717, 1.165) is 22.4 Å². The summed E-state index contributed by atoms with van der Waals surface area (Å²) in [5.41, 5.74) is 1.13. The molecule has 4 heteroatoms. The molecule has 0 atom stereocenters. The molecule has 1 rings (SSSR count). The highest BCUT2D eigenvalue weighted by molar-refractivity contribution is 9.11. The van der Waals surface area contributed by atoms with Crippen LogP contribution in [0, 0.1) is 5.92 Å². The van der Waals surface area contributed by atoms with Gasteiger partial charge >= 0.3 is 0 Å². The van der Waals surface area contributed by atoms with Gasteiger partial charge in [-0.15, -0.1) is 11.3 Å². The molecule has 0 aromatic carbocycles. The Morgan fingerprint density at radius 1 is 1.54 bits per heavy atom. The van der Waals surface area contributed by atoms with Crippen molar-refractivity contribution in [1.82, 2.24) is 10.3 Å². The van der Waals surface area contributed by atoms with Gasteiger partial charge in [-0.3, -0.25) is 0 Å². The summed E-state index contributed by atoms with van der Waals surface area (Å²) in [6.45, 7) is 5.27. The number of thiazole rings is 1. The maximum Gasteiger partial charge on any atom is 0.0945 e. The Hall–Kier alpha value is 0.0700. The monoisotopic (exact) mass is 262 g/mol. The highest BCUT2D eigenvalue weighted by Crippen LogP contribution is 2.26. The third kappa shape index (κ3) is 3.37. The summed E-state index contributed by atoms with van der Waals surface area (Å²) in [6.07, 6.45) is 1.08. The molecule has 0 aliphatic carbocycles. The van der Waals surface area contributed by atoms with Crippen LogP contribution in [0.5, 0.6) is 0 Å². The molecule has 1 aromatic rings. The second-order valence-corrected chi connectivity index (χ2v) is 5.86. The minimum Gasteiger partial charge on any atom is -0.314 e. The number of aromatic nitrogens is 1. The Kier molecular flexibility index (Phi) is 4.35. The first-order valence-electron chi connectivity index (χ1n) is 4.42. The van der Waals surface area contributed by atoms with Gasteiger partial charge in [0.25, 0.3) is 0 Å². The number of nitrogens with zero attached hydrogens (tertiary/aromatic N) is 1. The first kappa shape index (κ1) is 11.1. The second-order valence-electron chi connectivity index (χ2n) is 3.46. The number of halogens is 1. The summed E-state index contributed by atoms with van der Waals surface area (Å²) in [4.78, 5) is 4.55. The molecule has 1 heterocycles. The Morgan fingerprint density at radius 2 is 2.23 bits per heavy atom. The molecule has 0 aliphatic heterocycles. The lowest BCUT2D eigenvalue weighted by Gasteiger charge is -1.98. The zero-order chi connectivity index (χ0) is 9.84. The fraction of sp³-hybridized carbons (Fsp3) is 0.667. The maximum atomic E-state index is 4.55. The zero-order valence-corrected chi connectivity index (χ0v) is 10.6. The zero-order valence-electron chi connectivity index (χ0n) is 8.22. The van der Waals surface area contributed by atoms with Crippen molar-refractivity contribution in [2.75, 3.05) is 7.05 Å². The van der Waals surface area contributed by atoms with Gasteiger partial charge in [0.15, 0.2) is 0 Å². The molecule has 2 nitrogen and oxygen atoms in total. The van der Waals surface area contributed by atoms with Crippen LogP contribution in [0.4, 0.5) is 0 Å². The van der Waals surface area contributed by atoms with Crippen molar-refractivity contribution in [2.24, 2.45) is 5.92 Å². The quantitative estimate of drug-likeness (QED) is 0.903. The lowest BCUT2D eigenvalue weighted by atomic mass is 10.1. The van der Waals surface area contributed by atoms with Gasteiger partial charge in [0.05, 0.1) is 14.5 Å². The Morgan fingerprint density at radius 3 is 2.77 bits per heavy atom. The van der Waals surface area contributed by atoms with Gasteiger partial charge in [0.2, 0.25) is 0 Å². The van der Waals surface area contributed by atoms with Crippen LogP contribution in [0.15, 0.2) is 3.79 Å². The Bertz CT molecular complexity index is 271. The van der Waals surface area contributed by atoms with Crippen LogP contribution in [0.3, 0.4) is 0 Å². The molecular weight excluding hydrogens is 248 g/mol. The Balaban J connectivity index is 2.70. The third-order valence-corrected chi connectivity index (χ3v) is 3.47. The fourth-order valence-corrected chi connectivity index (χ4v) is 2.90. The van der Waals surface area contributed by atoms with Gasteiger partial charge in [-0.25, -0.2) is 4.98 Å². The molecule has 13 heavy (non-hydrogen) atoms. The van der Waals surface area contributed by atoms with E-state index in [-0.39, 0.29) is 0 Å². The van der Waals surface area contributed by atoms with E-state index in [0.29, 0.717) is 5.92 Å². The van der Waals surface area contributed by atoms with Crippen molar-refractivity contribution >= 4 is 27.3 Å². The summed E-state index contributed by atoms with van der Waals surface area (Å²) in [6, 6.07) is 0. The summed E-state index contributed by atoms with van der Waals surface area (Å²) < 4.78 is 1.16. The lowest BCUT2D eigenvalue weighted by molar-refractivity contribution is 0.641. The van der Waals surface area contributed by atoms with Crippen molar-refractivity contribution in [3.8, 4) is 0 Å². The summed E-state index contributed by atoms with van der Waals surface area (Å²) in [7, 11) is 1.94. The Labute approximate surface area is 91.9 Å². The average Bonchev–Trinajstić information content (AvgIpc) is 2.31. The molecule has 0 unspecified atom stereocenters. The molecule has 0 amide bonds. The number of hydrogen-bond donors (Lipinski definition) is 1. The van der Waals surface area contributed by atoms with E-state index >= 15 is 0 Å². The molecule has 0 saturated carbocycles. The molecule has 0 radical (unpaired) electrons. The maximum absolute atomic E-state index is 4.55. The SMILES string of the molecule is CNCc1nc(CC(C)C)sc1Br. The van der Waals surface area contributed by atoms with E-state index in [2.05, 4.69) is 40.1 Å². The van der Waals surface area contributed by atoms with E-state index in [9.17, 15) is 0 Å². The highest BCUT2D eigenvalue weighted by Gasteiger charge is 2.08. The molecule has 0 bridgehead atoms. The van der Waals surface area contributed by atoms with Crippen molar-refractivity contribution < 1.29 is 0 Å². The molecular formula is C9H15BrN2S. The van der Waals surface area contributed by atoms with Crippen LogP contribution in [-0.4, -0.2) is 12.0 Å². The van der Waals surface area contributed by atoms with Gasteiger partial charge in [-0.05, 0) is 28.9 Å². The van der Waals surface area contributed by atoms with Crippen LogP contribution in [0.1, 0.15) is 24.5 Å². The van der Waals surface area contributed by atoms with Gasteiger partial charge in [0.1, 0.15) is 0 Å². The van der Waals surface area contributed by atoms with Gasteiger partial charge in [-0.1, -0.05) is 13.8 Å².